The van der Waals surface area contributed by atoms with Gasteiger partial charge in [0.15, 0.2) is 17.4 Å². The van der Waals surface area contributed by atoms with Gasteiger partial charge in [0.2, 0.25) is 0 Å². The fourth-order valence-corrected chi connectivity index (χ4v) is 2.65. The number of rotatable bonds is 5. The summed E-state index contributed by atoms with van der Waals surface area (Å²) >= 11 is 0. The number of nitrogen functional groups attached to an aromatic ring is 1. The number of pyridine rings is 1. The molecule has 4 aromatic rings. The summed E-state index contributed by atoms with van der Waals surface area (Å²) in [5, 5.41) is 4.18. The topological polar surface area (TPSA) is 131 Å². The Balaban J connectivity index is 1.57. The Morgan fingerprint density at radius 2 is 1.93 bits per heavy atom. The minimum Gasteiger partial charge on any atom is -0.459 e. The molecule has 140 valence electrons. The SMILES string of the molecule is Cc1ccc2cccc(Nc3ncnc(NNC(=O)c4ccco4)c3N)c2n1. The predicted molar refractivity (Wildman–Crippen MR) is 106 cm³/mol. The van der Waals surface area contributed by atoms with Crippen LogP contribution in [0.3, 0.4) is 0 Å². The number of para-hydroxylation sites is 1. The molecular formula is C19H17N7O2. The molecule has 9 nitrogen and oxygen atoms in total. The molecule has 5 N–H and O–H groups in total. The van der Waals surface area contributed by atoms with Crippen LogP contribution in [0.2, 0.25) is 0 Å². The van der Waals surface area contributed by atoms with Gasteiger partial charge < -0.3 is 15.5 Å². The molecule has 0 saturated heterocycles. The van der Waals surface area contributed by atoms with Crippen molar-refractivity contribution in [3.05, 3.63) is 66.5 Å². The normalized spacial score (nSPS) is 10.6. The number of nitrogens with zero attached hydrogens (tertiary/aromatic N) is 3. The molecule has 3 heterocycles. The highest BCUT2D eigenvalue weighted by molar-refractivity contribution is 5.94. The molecule has 4 rings (SSSR count). The number of benzene rings is 1. The molecule has 0 atom stereocenters. The molecule has 9 heteroatoms. The van der Waals surface area contributed by atoms with Gasteiger partial charge in [-0.25, -0.2) is 9.97 Å². The Labute approximate surface area is 160 Å². The number of hydrogen-bond donors (Lipinski definition) is 4. The van der Waals surface area contributed by atoms with Gasteiger partial charge in [-0.2, -0.15) is 0 Å². The number of hydrazine groups is 1. The number of carbonyl (C=O) groups excluding carboxylic acids is 1. The Kier molecular flexibility index (Phi) is 4.47. The number of amides is 1. The molecular weight excluding hydrogens is 358 g/mol. The van der Waals surface area contributed by atoms with Gasteiger partial charge in [-0.1, -0.05) is 18.2 Å². The monoisotopic (exact) mass is 375 g/mol. The van der Waals surface area contributed by atoms with Crippen molar-refractivity contribution in [1.29, 1.82) is 0 Å². The Morgan fingerprint density at radius 3 is 2.75 bits per heavy atom. The van der Waals surface area contributed by atoms with Crippen molar-refractivity contribution in [3.63, 3.8) is 0 Å². The lowest BCUT2D eigenvalue weighted by atomic mass is 10.1. The van der Waals surface area contributed by atoms with Crippen LogP contribution in [-0.2, 0) is 0 Å². The Morgan fingerprint density at radius 1 is 1.07 bits per heavy atom. The van der Waals surface area contributed by atoms with E-state index >= 15 is 0 Å². The first-order valence-electron chi connectivity index (χ1n) is 8.45. The van der Waals surface area contributed by atoms with Gasteiger partial charge in [0.1, 0.15) is 12.0 Å². The van der Waals surface area contributed by atoms with Gasteiger partial charge in [-0.3, -0.25) is 20.6 Å². The van der Waals surface area contributed by atoms with E-state index in [1.54, 1.807) is 12.1 Å². The molecule has 0 fully saturated rings. The van der Waals surface area contributed by atoms with Crippen molar-refractivity contribution in [2.24, 2.45) is 0 Å². The maximum absolute atomic E-state index is 12.0. The minimum atomic E-state index is -0.453. The molecule has 0 unspecified atom stereocenters. The van der Waals surface area contributed by atoms with Crippen LogP contribution in [0.15, 0.2) is 59.5 Å². The number of aromatic nitrogens is 3. The summed E-state index contributed by atoms with van der Waals surface area (Å²) in [5.74, 6) is 0.351. The summed E-state index contributed by atoms with van der Waals surface area (Å²) in [7, 11) is 0. The first kappa shape index (κ1) is 17.3. The average molecular weight is 375 g/mol. The molecule has 0 aliphatic heterocycles. The van der Waals surface area contributed by atoms with Crippen LogP contribution < -0.4 is 21.9 Å². The largest absolute Gasteiger partial charge is 0.459 e. The number of aryl methyl sites for hydroxylation is 1. The van der Waals surface area contributed by atoms with Crippen LogP contribution in [0.4, 0.5) is 23.0 Å². The molecule has 28 heavy (non-hydrogen) atoms. The summed E-state index contributed by atoms with van der Waals surface area (Å²) in [5.41, 5.74) is 14.0. The number of fused-ring (bicyclic) bond motifs is 1. The molecule has 0 aliphatic rings. The van der Waals surface area contributed by atoms with Gasteiger partial charge in [0, 0.05) is 11.1 Å². The zero-order chi connectivity index (χ0) is 19.5. The van der Waals surface area contributed by atoms with Gasteiger partial charge in [-0.15, -0.1) is 0 Å². The Hall–Kier alpha value is -4.14. The van der Waals surface area contributed by atoms with Crippen LogP contribution in [0, 0.1) is 6.92 Å². The number of hydrogen-bond acceptors (Lipinski definition) is 8. The molecule has 1 aromatic carbocycles. The fourth-order valence-electron chi connectivity index (χ4n) is 2.65. The molecule has 0 aliphatic carbocycles. The quantitative estimate of drug-likeness (QED) is 0.392. The smallest absolute Gasteiger partial charge is 0.305 e. The van der Waals surface area contributed by atoms with E-state index in [0.29, 0.717) is 5.82 Å². The first-order valence-corrected chi connectivity index (χ1v) is 8.45. The number of nitrogens with one attached hydrogen (secondary N) is 3. The van der Waals surface area contributed by atoms with E-state index in [1.165, 1.54) is 12.6 Å². The zero-order valence-corrected chi connectivity index (χ0v) is 14.9. The van der Waals surface area contributed by atoms with Crippen molar-refractivity contribution in [3.8, 4) is 0 Å². The third-order valence-electron chi connectivity index (χ3n) is 4.04. The fraction of sp³-hybridized carbons (Fsp3) is 0.0526. The third-order valence-corrected chi connectivity index (χ3v) is 4.04. The highest BCUT2D eigenvalue weighted by Crippen LogP contribution is 2.29. The lowest BCUT2D eigenvalue weighted by Crippen LogP contribution is -2.30. The van der Waals surface area contributed by atoms with E-state index in [2.05, 4.69) is 31.1 Å². The van der Waals surface area contributed by atoms with Crippen molar-refractivity contribution in [1.82, 2.24) is 20.4 Å². The lowest BCUT2D eigenvalue weighted by molar-refractivity contribution is 0.0935. The number of nitrogens with two attached hydrogens (primary N) is 1. The highest BCUT2D eigenvalue weighted by atomic mass is 16.3. The predicted octanol–water partition coefficient (Wildman–Crippen LogP) is 3.01. The molecule has 0 bridgehead atoms. The molecule has 0 radical (unpaired) electrons. The second-order valence-corrected chi connectivity index (χ2v) is 6.00. The van der Waals surface area contributed by atoms with Gasteiger partial charge in [0.05, 0.1) is 17.5 Å². The van der Waals surface area contributed by atoms with Crippen LogP contribution in [-0.4, -0.2) is 20.9 Å². The highest BCUT2D eigenvalue weighted by Gasteiger charge is 2.13. The van der Waals surface area contributed by atoms with Crippen LogP contribution in [0.25, 0.3) is 10.9 Å². The number of anilines is 4. The van der Waals surface area contributed by atoms with Gasteiger partial charge in [0.25, 0.3) is 0 Å². The zero-order valence-electron chi connectivity index (χ0n) is 14.9. The van der Waals surface area contributed by atoms with E-state index in [4.69, 9.17) is 10.2 Å². The maximum atomic E-state index is 12.0. The second-order valence-electron chi connectivity index (χ2n) is 6.00. The Bertz CT molecular complexity index is 1140. The minimum absolute atomic E-state index is 0.163. The number of carbonyl (C=O) groups is 1. The average Bonchev–Trinajstić information content (AvgIpc) is 3.24. The number of furan rings is 1. The summed E-state index contributed by atoms with van der Waals surface area (Å²) in [6.07, 6.45) is 2.75. The first-order chi connectivity index (χ1) is 13.6. The summed E-state index contributed by atoms with van der Waals surface area (Å²) in [6, 6.07) is 12.9. The van der Waals surface area contributed by atoms with Crippen molar-refractivity contribution >= 4 is 39.8 Å². The molecule has 3 aromatic heterocycles. The van der Waals surface area contributed by atoms with Crippen LogP contribution >= 0.6 is 0 Å². The maximum Gasteiger partial charge on any atom is 0.305 e. The van der Waals surface area contributed by atoms with Crippen molar-refractivity contribution < 1.29 is 9.21 Å². The molecule has 1 amide bonds. The third kappa shape index (κ3) is 3.40. The summed E-state index contributed by atoms with van der Waals surface area (Å²) in [6.45, 7) is 1.93. The van der Waals surface area contributed by atoms with Gasteiger partial charge in [-0.05, 0) is 31.2 Å². The second kappa shape index (κ2) is 7.23. The van der Waals surface area contributed by atoms with Crippen LogP contribution in [0.5, 0.6) is 0 Å². The van der Waals surface area contributed by atoms with Crippen molar-refractivity contribution in [2.45, 2.75) is 6.92 Å². The van der Waals surface area contributed by atoms with E-state index < -0.39 is 5.91 Å². The molecule has 0 spiro atoms. The van der Waals surface area contributed by atoms with Gasteiger partial charge >= 0.3 is 5.91 Å². The van der Waals surface area contributed by atoms with Crippen molar-refractivity contribution in [2.75, 3.05) is 16.5 Å². The standard InChI is InChI=1S/C19H17N7O2/c1-11-7-8-12-4-2-5-13(16(12)23-11)24-17-15(20)18(22-10-21-17)25-26-19(27)14-6-3-9-28-14/h2-10H,20H2,1H3,(H,26,27)(H2,21,22,24,25). The summed E-state index contributed by atoms with van der Waals surface area (Å²) < 4.78 is 5.03. The van der Waals surface area contributed by atoms with E-state index in [1.807, 2.05) is 37.3 Å². The van der Waals surface area contributed by atoms with Crippen LogP contribution in [0.1, 0.15) is 16.2 Å². The van der Waals surface area contributed by atoms with E-state index in [0.717, 1.165) is 22.3 Å². The van der Waals surface area contributed by atoms with E-state index in [-0.39, 0.29) is 17.3 Å². The summed E-state index contributed by atoms with van der Waals surface area (Å²) in [4.78, 5) is 24.8. The van der Waals surface area contributed by atoms with E-state index in [9.17, 15) is 4.79 Å². The molecule has 0 saturated carbocycles. The lowest BCUT2D eigenvalue weighted by Gasteiger charge is -2.14.